The van der Waals surface area contributed by atoms with Crippen molar-refractivity contribution in [1.29, 1.82) is 0 Å². The first-order valence-corrected chi connectivity index (χ1v) is 9.04. The summed E-state index contributed by atoms with van der Waals surface area (Å²) in [4.78, 5) is 11.2. The lowest BCUT2D eigenvalue weighted by Crippen LogP contribution is -2.46. The quantitative estimate of drug-likeness (QED) is 0.773. The Balaban J connectivity index is 4.62. The summed E-state index contributed by atoms with van der Waals surface area (Å²) >= 11 is 0. The van der Waals surface area contributed by atoms with Gasteiger partial charge in [-0.3, -0.25) is 4.79 Å². The fourth-order valence-electron chi connectivity index (χ4n) is 1.21. The number of hydrogen-bond donors (Lipinski definition) is 1. The number of aliphatic hydroxyl groups excluding tert-OH is 1. The second-order valence-electron chi connectivity index (χ2n) is 7.05. The molecule has 0 amide bonds. The Morgan fingerprint density at radius 2 is 1.65 bits per heavy atom. The Kier molecular flexibility index (Phi) is 5.14. The Bertz CT molecular complexity index is 277. The van der Waals surface area contributed by atoms with Crippen LogP contribution in [0.15, 0.2) is 0 Å². The number of carbonyl (C=O) groups is 1. The normalized spacial score (nSPS) is 15.8. The minimum atomic E-state index is -1.82. The second-order valence-corrected chi connectivity index (χ2v) is 11.9. The van der Waals surface area contributed by atoms with Gasteiger partial charge in [-0.05, 0) is 25.1 Å². The molecule has 0 aliphatic rings. The Hall–Kier alpha value is -0.193. The lowest BCUT2D eigenvalue weighted by atomic mass is 9.86. The molecule has 3 nitrogen and oxygen atoms in total. The van der Waals surface area contributed by atoms with Crippen molar-refractivity contribution < 1.29 is 14.3 Å². The molecule has 1 N–H and O–H groups in total. The van der Waals surface area contributed by atoms with Crippen molar-refractivity contribution in [2.45, 2.75) is 65.8 Å². The maximum Gasteiger partial charge on any atom is 0.192 e. The lowest BCUT2D eigenvalue weighted by Gasteiger charge is -2.39. The minimum absolute atomic E-state index is 0.143. The fraction of sp³-hybridized carbons (Fsp3) is 0.923. The predicted octanol–water partition coefficient (Wildman–Crippen LogP) is 2.98. The minimum Gasteiger partial charge on any atom is -0.416 e. The van der Waals surface area contributed by atoms with Crippen molar-refractivity contribution in [3.63, 3.8) is 0 Å². The van der Waals surface area contributed by atoms with Crippen LogP contribution in [-0.4, -0.2) is 31.9 Å². The van der Waals surface area contributed by atoms with E-state index in [1.807, 2.05) is 13.8 Å². The van der Waals surface area contributed by atoms with E-state index in [2.05, 4.69) is 33.9 Å². The highest BCUT2D eigenvalue weighted by Gasteiger charge is 2.40. The maximum absolute atomic E-state index is 11.2. The van der Waals surface area contributed by atoms with Crippen molar-refractivity contribution in [3.05, 3.63) is 0 Å². The molecule has 4 heteroatoms. The Morgan fingerprint density at radius 3 is 1.94 bits per heavy atom. The van der Waals surface area contributed by atoms with Crippen LogP contribution in [0.5, 0.6) is 0 Å². The summed E-state index contributed by atoms with van der Waals surface area (Å²) in [6.45, 7) is 16.4. The second kappa shape index (κ2) is 5.20. The topological polar surface area (TPSA) is 46.5 Å². The van der Waals surface area contributed by atoms with Gasteiger partial charge in [0.25, 0.3) is 0 Å². The van der Waals surface area contributed by atoms with Gasteiger partial charge in [-0.25, -0.2) is 0 Å². The molecule has 0 unspecified atom stereocenters. The van der Waals surface area contributed by atoms with Crippen LogP contribution < -0.4 is 0 Å². The first-order valence-electron chi connectivity index (χ1n) is 6.14. The third-order valence-electron chi connectivity index (χ3n) is 3.74. The number of hydrogen-bond acceptors (Lipinski definition) is 3. The van der Waals surface area contributed by atoms with Crippen molar-refractivity contribution in [2.75, 3.05) is 6.61 Å². The monoisotopic (exact) mass is 260 g/mol. The van der Waals surface area contributed by atoms with Crippen LogP contribution in [0.4, 0.5) is 0 Å². The molecule has 0 aromatic rings. The van der Waals surface area contributed by atoms with Gasteiger partial charge in [-0.1, -0.05) is 34.6 Å². The number of rotatable bonds is 5. The highest BCUT2D eigenvalue weighted by Crippen LogP contribution is 2.38. The molecular weight excluding hydrogens is 232 g/mol. The standard InChI is InChI=1S/C13H28O3Si/c1-10(14)11(15)13(5,6)9-16-17(7,8)12(2,3)4/h11,15H,9H2,1-8H3/t11-/m0/s1. The zero-order valence-electron chi connectivity index (χ0n) is 12.5. The highest BCUT2D eigenvalue weighted by molar-refractivity contribution is 6.74. The van der Waals surface area contributed by atoms with E-state index in [4.69, 9.17) is 4.43 Å². The third-order valence-corrected chi connectivity index (χ3v) is 8.21. The largest absolute Gasteiger partial charge is 0.416 e. The van der Waals surface area contributed by atoms with Crippen LogP contribution in [0, 0.1) is 5.41 Å². The highest BCUT2D eigenvalue weighted by atomic mass is 28.4. The summed E-state index contributed by atoms with van der Waals surface area (Å²) in [6, 6.07) is 0. The van der Waals surface area contributed by atoms with Crippen molar-refractivity contribution in [3.8, 4) is 0 Å². The molecule has 0 bridgehead atoms. The van der Waals surface area contributed by atoms with Gasteiger partial charge in [0.05, 0.1) is 0 Å². The van der Waals surface area contributed by atoms with Gasteiger partial charge < -0.3 is 9.53 Å². The molecule has 0 fully saturated rings. The molecule has 0 aromatic carbocycles. The van der Waals surface area contributed by atoms with E-state index in [0.29, 0.717) is 6.61 Å². The van der Waals surface area contributed by atoms with Crippen LogP contribution >= 0.6 is 0 Å². The zero-order valence-corrected chi connectivity index (χ0v) is 13.5. The van der Waals surface area contributed by atoms with Crippen LogP contribution in [0.2, 0.25) is 18.1 Å². The molecule has 0 saturated heterocycles. The van der Waals surface area contributed by atoms with E-state index in [1.54, 1.807) is 0 Å². The van der Waals surface area contributed by atoms with Crippen molar-refractivity contribution >= 4 is 14.1 Å². The fourth-order valence-corrected chi connectivity index (χ4v) is 2.38. The van der Waals surface area contributed by atoms with Gasteiger partial charge in [0, 0.05) is 12.0 Å². The van der Waals surface area contributed by atoms with Gasteiger partial charge in [-0.2, -0.15) is 0 Å². The van der Waals surface area contributed by atoms with Crippen molar-refractivity contribution in [2.24, 2.45) is 5.41 Å². The van der Waals surface area contributed by atoms with Crippen LogP contribution in [0.3, 0.4) is 0 Å². The summed E-state index contributed by atoms with van der Waals surface area (Å²) in [7, 11) is -1.82. The molecular formula is C13H28O3Si. The van der Waals surface area contributed by atoms with Gasteiger partial charge >= 0.3 is 0 Å². The lowest BCUT2D eigenvalue weighted by molar-refractivity contribution is -0.132. The number of Topliss-reactive ketones (excluding diaryl/α,β-unsaturated/α-hetero) is 1. The molecule has 0 saturated carbocycles. The summed E-state index contributed by atoms with van der Waals surface area (Å²) in [5, 5.41) is 9.98. The summed E-state index contributed by atoms with van der Waals surface area (Å²) in [5.74, 6) is -0.200. The number of carbonyl (C=O) groups excluding carboxylic acids is 1. The molecule has 0 spiro atoms. The first kappa shape index (κ1) is 16.8. The average Bonchev–Trinajstić information content (AvgIpc) is 2.12. The van der Waals surface area contributed by atoms with E-state index >= 15 is 0 Å². The maximum atomic E-state index is 11.2. The SMILES string of the molecule is CC(=O)[C@H](O)C(C)(C)CO[Si](C)(C)C(C)(C)C. The van der Waals surface area contributed by atoms with Gasteiger partial charge in [-0.15, -0.1) is 0 Å². The molecule has 1 atom stereocenters. The Labute approximate surface area is 107 Å². The van der Waals surface area contributed by atoms with Crippen molar-refractivity contribution in [1.82, 2.24) is 0 Å². The van der Waals surface area contributed by atoms with E-state index in [0.717, 1.165) is 0 Å². The summed E-state index contributed by atoms with van der Waals surface area (Å²) in [5.41, 5.74) is -0.526. The molecule has 102 valence electrons. The Morgan fingerprint density at radius 1 is 1.24 bits per heavy atom. The number of aliphatic hydroxyl groups is 1. The molecule has 0 radical (unpaired) electrons. The molecule has 0 aromatic heterocycles. The molecule has 0 aliphatic heterocycles. The van der Waals surface area contributed by atoms with E-state index in [-0.39, 0.29) is 10.8 Å². The average molecular weight is 260 g/mol. The van der Waals surface area contributed by atoms with E-state index in [1.165, 1.54) is 6.92 Å². The van der Waals surface area contributed by atoms with Crippen LogP contribution in [0.25, 0.3) is 0 Å². The molecule has 0 rings (SSSR count). The van der Waals surface area contributed by atoms with E-state index < -0.39 is 19.8 Å². The van der Waals surface area contributed by atoms with Gasteiger partial charge in [0.15, 0.2) is 14.1 Å². The molecule has 17 heavy (non-hydrogen) atoms. The predicted molar refractivity (Wildman–Crippen MR) is 73.6 cm³/mol. The zero-order chi connectivity index (χ0) is 14.1. The van der Waals surface area contributed by atoms with Gasteiger partial charge in [0.2, 0.25) is 0 Å². The number of ketones is 1. The smallest absolute Gasteiger partial charge is 0.192 e. The van der Waals surface area contributed by atoms with Gasteiger partial charge in [0.1, 0.15) is 6.10 Å². The molecule has 0 heterocycles. The summed E-state index contributed by atoms with van der Waals surface area (Å²) < 4.78 is 6.06. The van der Waals surface area contributed by atoms with Crippen LogP contribution in [0.1, 0.15) is 41.5 Å². The first-order chi connectivity index (χ1) is 7.31. The van der Waals surface area contributed by atoms with Crippen LogP contribution in [-0.2, 0) is 9.22 Å². The summed E-state index contributed by atoms with van der Waals surface area (Å²) in [6.07, 6.45) is -0.952. The molecule has 0 aliphatic carbocycles. The van der Waals surface area contributed by atoms with E-state index in [9.17, 15) is 9.90 Å². The third kappa shape index (κ3) is 4.52.